The van der Waals surface area contributed by atoms with Crippen molar-refractivity contribution in [1.29, 1.82) is 0 Å². The summed E-state index contributed by atoms with van der Waals surface area (Å²) in [4.78, 5) is 20.0. The first-order valence-corrected chi connectivity index (χ1v) is 12.6. The van der Waals surface area contributed by atoms with E-state index >= 15 is 0 Å². The Morgan fingerprint density at radius 1 is 1.38 bits per heavy atom. The molecular weight excluding hydrogens is 406 g/mol. The molecule has 6 nitrogen and oxygen atoms in total. The number of aryl methyl sites for hydroxylation is 1. The van der Waals surface area contributed by atoms with Crippen LogP contribution in [0.1, 0.15) is 38.1 Å². The maximum atomic E-state index is 12.4. The molecule has 0 aliphatic carbocycles. The molecule has 3 heterocycles. The first-order valence-electron chi connectivity index (χ1n) is 10.2. The lowest BCUT2D eigenvalue weighted by Crippen LogP contribution is -2.40. The number of nitrogens with zero attached hydrogens (tertiary/aromatic N) is 2. The number of rotatable bonds is 9. The Morgan fingerprint density at radius 2 is 2.14 bits per heavy atom. The number of carbonyl (C=O) groups excluding carboxylic acids is 1. The first kappa shape index (κ1) is 22.2. The van der Waals surface area contributed by atoms with Crippen molar-refractivity contribution in [3.05, 3.63) is 29.0 Å². The van der Waals surface area contributed by atoms with Crippen LogP contribution in [0.5, 0.6) is 0 Å². The molecule has 0 unspecified atom stereocenters. The van der Waals surface area contributed by atoms with E-state index in [1.165, 1.54) is 6.42 Å². The first-order chi connectivity index (χ1) is 13.9. The summed E-state index contributed by atoms with van der Waals surface area (Å²) < 4.78 is 18.1. The van der Waals surface area contributed by atoms with Gasteiger partial charge in [-0.2, -0.15) is 0 Å². The van der Waals surface area contributed by atoms with Crippen molar-refractivity contribution < 1.29 is 13.4 Å². The molecule has 160 valence electrons. The summed E-state index contributed by atoms with van der Waals surface area (Å²) in [5.74, 6) is 2.77. The molecule has 0 bridgehead atoms. The number of hydrogen-bond donors (Lipinski definition) is 1. The summed E-state index contributed by atoms with van der Waals surface area (Å²) in [6.07, 6.45) is 2.23. The summed E-state index contributed by atoms with van der Waals surface area (Å²) in [5, 5.41) is 4.86. The van der Waals surface area contributed by atoms with E-state index in [9.17, 15) is 9.00 Å². The summed E-state index contributed by atoms with van der Waals surface area (Å²) in [7, 11) is -1.31. The van der Waals surface area contributed by atoms with E-state index in [0.717, 1.165) is 42.8 Å². The zero-order valence-electron chi connectivity index (χ0n) is 17.5. The van der Waals surface area contributed by atoms with E-state index in [0.29, 0.717) is 23.9 Å². The molecule has 3 rings (SSSR count). The number of nitrogens with one attached hydrogen (secondary N) is 1. The van der Waals surface area contributed by atoms with Gasteiger partial charge in [0.2, 0.25) is 11.8 Å². The summed E-state index contributed by atoms with van der Waals surface area (Å²) >= 11 is 1.55. The molecule has 0 radical (unpaired) electrons. The number of piperidine rings is 1. The van der Waals surface area contributed by atoms with Crippen molar-refractivity contribution in [3.8, 4) is 10.8 Å². The van der Waals surface area contributed by atoms with Crippen LogP contribution in [0.2, 0.25) is 0 Å². The largest absolute Gasteiger partial charge is 0.440 e. The van der Waals surface area contributed by atoms with Crippen molar-refractivity contribution in [2.24, 2.45) is 11.8 Å². The van der Waals surface area contributed by atoms with Crippen molar-refractivity contribution >= 4 is 28.0 Å². The molecule has 1 aliphatic heterocycles. The van der Waals surface area contributed by atoms with Crippen LogP contribution in [-0.4, -0.2) is 51.9 Å². The van der Waals surface area contributed by atoms with Gasteiger partial charge in [0.15, 0.2) is 0 Å². The highest BCUT2D eigenvalue weighted by Crippen LogP contribution is 2.26. The van der Waals surface area contributed by atoms with Crippen LogP contribution in [-0.2, 0) is 21.3 Å². The summed E-state index contributed by atoms with van der Waals surface area (Å²) in [6.45, 7) is 10.3. The highest BCUT2D eigenvalue weighted by Gasteiger charge is 2.21. The Morgan fingerprint density at radius 3 is 2.83 bits per heavy atom. The predicted molar refractivity (Wildman–Crippen MR) is 118 cm³/mol. The van der Waals surface area contributed by atoms with Crippen molar-refractivity contribution in [2.75, 3.05) is 31.9 Å². The number of hydrogen-bond acceptors (Lipinski definition) is 6. The van der Waals surface area contributed by atoms with E-state index in [-0.39, 0.29) is 17.4 Å². The standard InChI is InChI=1S/C21H31N3O3S2/c1-15-10-16(2)12-24(11-15)8-5-7-22-20(25)14-29(26)13-18-17(3)27-21(23-18)19-6-4-9-28-19/h4,6,9,15-16H,5,7-8,10-14H2,1-3H3,(H,22,25)/t15-,16+,29-/m1/s1. The maximum absolute atomic E-state index is 12.4. The number of carbonyl (C=O) groups is 1. The minimum atomic E-state index is -1.31. The van der Waals surface area contributed by atoms with Crippen molar-refractivity contribution in [2.45, 2.75) is 39.4 Å². The van der Waals surface area contributed by atoms with Gasteiger partial charge in [0.05, 0.1) is 16.3 Å². The Labute approximate surface area is 179 Å². The van der Waals surface area contributed by atoms with Crippen LogP contribution in [0.3, 0.4) is 0 Å². The van der Waals surface area contributed by atoms with Gasteiger partial charge < -0.3 is 14.6 Å². The smallest absolute Gasteiger partial charge is 0.236 e. The molecule has 8 heteroatoms. The molecule has 1 saturated heterocycles. The molecular formula is C21H31N3O3S2. The topological polar surface area (TPSA) is 75.4 Å². The normalized spacial score (nSPS) is 21.2. The molecule has 1 N–H and O–H groups in total. The second-order valence-electron chi connectivity index (χ2n) is 8.14. The van der Waals surface area contributed by atoms with Crippen LogP contribution in [0.15, 0.2) is 21.9 Å². The van der Waals surface area contributed by atoms with Crippen molar-refractivity contribution in [1.82, 2.24) is 15.2 Å². The Kier molecular flexibility index (Phi) is 8.03. The number of amides is 1. The van der Waals surface area contributed by atoms with Crippen LogP contribution in [0.25, 0.3) is 10.8 Å². The van der Waals surface area contributed by atoms with Crippen LogP contribution >= 0.6 is 11.3 Å². The average molecular weight is 438 g/mol. The molecule has 1 fully saturated rings. The third-order valence-electron chi connectivity index (χ3n) is 5.13. The number of oxazole rings is 1. The van der Waals surface area contributed by atoms with Crippen LogP contribution in [0, 0.1) is 18.8 Å². The van der Waals surface area contributed by atoms with Gasteiger partial charge in [-0.05, 0) is 49.6 Å². The van der Waals surface area contributed by atoms with Gasteiger partial charge in [0.25, 0.3) is 0 Å². The third-order valence-corrected chi connectivity index (χ3v) is 7.17. The van der Waals surface area contributed by atoms with Gasteiger partial charge in [-0.1, -0.05) is 19.9 Å². The fourth-order valence-electron chi connectivity index (χ4n) is 3.97. The van der Waals surface area contributed by atoms with Gasteiger partial charge >= 0.3 is 0 Å². The highest BCUT2D eigenvalue weighted by molar-refractivity contribution is 7.84. The molecule has 2 aromatic heterocycles. The van der Waals surface area contributed by atoms with E-state index in [2.05, 4.69) is 29.0 Å². The predicted octanol–water partition coefficient (Wildman–Crippen LogP) is 3.44. The molecule has 1 aliphatic rings. The second-order valence-corrected chi connectivity index (χ2v) is 10.5. The number of aromatic nitrogens is 1. The van der Waals surface area contributed by atoms with Crippen LogP contribution in [0.4, 0.5) is 0 Å². The SMILES string of the molecule is Cc1oc(-c2cccs2)nc1C[S@@](=O)CC(=O)NCCCN1C[C@H](C)C[C@H](C)C1. The lowest BCUT2D eigenvalue weighted by molar-refractivity contribution is -0.118. The second kappa shape index (κ2) is 10.5. The Bertz CT molecular complexity index is 809. The lowest BCUT2D eigenvalue weighted by Gasteiger charge is -2.34. The van der Waals surface area contributed by atoms with Crippen molar-refractivity contribution in [3.63, 3.8) is 0 Å². The zero-order valence-corrected chi connectivity index (χ0v) is 19.1. The monoisotopic (exact) mass is 437 g/mol. The summed E-state index contributed by atoms with van der Waals surface area (Å²) in [5.41, 5.74) is 0.660. The van der Waals surface area contributed by atoms with E-state index in [1.54, 1.807) is 11.3 Å². The minimum Gasteiger partial charge on any atom is -0.440 e. The van der Waals surface area contributed by atoms with E-state index in [1.807, 2.05) is 24.4 Å². The zero-order chi connectivity index (χ0) is 20.8. The third kappa shape index (κ3) is 6.76. The fraction of sp³-hybridized carbons (Fsp3) is 0.619. The van der Waals surface area contributed by atoms with Gasteiger partial charge in [-0.25, -0.2) is 4.98 Å². The van der Waals surface area contributed by atoms with Gasteiger partial charge in [-0.3, -0.25) is 9.00 Å². The number of likely N-dealkylation sites (tertiary alicyclic amines) is 1. The molecule has 2 aromatic rings. The maximum Gasteiger partial charge on any atom is 0.236 e. The van der Waals surface area contributed by atoms with Gasteiger partial charge in [0.1, 0.15) is 11.5 Å². The van der Waals surface area contributed by atoms with Gasteiger partial charge in [-0.15, -0.1) is 11.3 Å². The fourth-order valence-corrected chi connectivity index (χ4v) is 5.69. The molecule has 1 amide bonds. The average Bonchev–Trinajstić information content (AvgIpc) is 3.28. The molecule has 3 atom stereocenters. The molecule has 0 aromatic carbocycles. The Hall–Kier alpha value is -1.51. The number of thiophene rings is 1. The van der Waals surface area contributed by atoms with E-state index in [4.69, 9.17) is 4.42 Å². The van der Waals surface area contributed by atoms with Crippen LogP contribution < -0.4 is 5.32 Å². The molecule has 0 saturated carbocycles. The summed E-state index contributed by atoms with van der Waals surface area (Å²) in [6, 6.07) is 3.88. The minimum absolute atomic E-state index is 0.00157. The quantitative estimate of drug-likeness (QED) is 0.608. The van der Waals surface area contributed by atoms with Gasteiger partial charge in [0, 0.05) is 30.4 Å². The lowest BCUT2D eigenvalue weighted by atomic mass is 9.92. The molecule has 29 heavy (non-hydrogen) atoms. The Balaban J connectivity index is 1.37. The highest BCUT2D eigenvalue weighted by atomic mass is 32.2. The van der Waals surface area contributed by atoms with E-state index < -0.39 is 10.8 Å². The molecule has 0 spiro atoms.